The highest BCUT2D eigenvalue weighted by atomic mass is 16.3. The van der Waals surface area contributed by atoms with E-state index >= 15 is 0 Å². The molecule has 13 heavy (non-hydrogen) atoms. The Kier molecular flexibility index (Phi) is 3.29. The molecule has 0 saturated carbocycles. The zero-order valence-corrected chi connectivity index (χ0v) is 8.63. The van der Waals surface area contributed by atoms with Crippen LogP contribution in [0.3, 0.4) is 0 Å². The maximum absolute atomic E-state index is 5.83. The predicted octanol–water partition coefficient (Wildman–Crippen LogP) is 2.37. The molecular weight excluding hydrogens is 158 g/mol. The quantitative estimate of drug-likeness (QED) is 0.636. The molecule has 0 saturated heterocycles. The van der Waals surface area contributed by atoms with E-state index in [1.54, 1.807) is 0 Å². The Labute approximate surface area is 82.6 Å². The third-order valence-electron chi connectivity index (χ3n) is 1.90. The second-order valence-electron chi connectivity index (χ2n) is 3.95. The fourth-order valence-corrected chi connectivity index (χ4v) is 1.09. The summed E-state index contributed by atoms with van der Waals surface area (Å²) in [7, 11) is 7.89. The molecule has 1 aromatic rings. The van der Waals surface area contributed by atoms with Gasteiger partial charge in [0.05, 0.1) is 13.6 Å². The monoisotopic (exact) mass is 173 g/mol. The third-order valence-corrected chi connectivity index (χ3v) is 1.90. The highest BCUT2D eigenvalue weighted by Gasteiger charge is 2.12. The van der Waals surface area contributed by atoms with Crippen molar-refractivity contribution < 1.29 is 4.42 Å². The fourth-order valence-electron chi connectivity index (χ4n) is 1.09. The Morgan fingerprint density at radius 2 is 2.00 bits per heavy atom. The van der Waals surface area contributed by atoms with Crippen molar-refractivity contribution in [2.75, 3.05) is 0 Å². The number of rotatable bonds is 4. The lowest BCUT2D eigenvalue weighted by atomic mass is 9.43. The SMILES string of the molecule is [B]C(C)(C)[B]Cc1ccc(CC)o1. The van der Waals surface area contributed by atoms with Crippen molar-refractivity contribution in [3.63, 3.8) is 0 Å². The maximum atomic E-state index is 5.83. The van der Waals surface area contributed by atoms with E-state index in [2.05, 4.69) is 14.2 Å². The number of furan rings is 1. The average Bonchev–Trinajstić information content (AvgIpc) is 2.47. The third kappa shape index (κ3) is 3.75. The summed E-state index contributed by atoms with van der Waals surface area (Å²) in [5.74, 6) is 2.04. The minimum atomic E-state index is -0.223. The standard InChI is InChI=1S/C10H15B2O/c1-4-8-5-6-9(13-8)7-12-10(2,3)11/h5-6H,4,7H2,1-3H3. The Bertz CT molecular complexity index is 260. The van der Waals surface area contributed by atoms with Gasteiger partial charge in [0.25, 0.3) is 0 Å². The lowest BCUT2D eigenvalue weighted by Crippen LogP contribution is -2.14. The summed E-state index contributed by atoms with van der Waals surface area (Å²) in [4.78, 5) is 0. The van der Waals surface area contributed by atoms with Crippen molar-refractivity contribution in [3.05, 3.63) is 23.7 Å². The van der Waals surface area contributed by atoms with E-state index in [1.807, 2.05) is 26.0 Å². The Balaban J connectivity index is 2.46. The van der Waals surface area contributed by atoms with E-state index in [9.17, 15) is 0 Å². The van der Waals surface area contributed by atoms with Gasteiger partial charge in [0.1, 0.15) is 13.0 Å². The first kappa shape index (κ1) is 10.5. The predicted molar refractivity (Wildman–Crippen MR) is 57.3 cm³/mol. The molecular formula is C10H15B2O. The van der Waals surface area contributed by atoms with Gasteiger partial charge in [-0.1, -0.05) is 26.0 Å². The average molecular weight is 173 g/mol. The second-order valence-corrected chi connectivity index (χ2v) is 3.95. The molecule has 3 heteroatoms. The second kappa shape index (κ2) is 4.08. The van der Waals surface area contributed by atoms with Gasteiger partial charge in [-0.15, -0.1) is 0 Å². The zero-order valence-electron chi connectivity index (χ0n) is 8.63. The van der Waals surface area contributed by atoms with Crippen molar-refractivity contribution in [2.45, 2.75) is 38.7 Å². The Hall–Kier alpha value is -0.590. The number of hydrogen-bond donors (Lipinski definition) is 0. The molecule has 0 unspecified atom stereocenters. The summed E-state index contributed by atoms with van der Waals surface area (Å²) >= 11 is 0. The zero-order chi connectivity index (χ0) is 9.90. The molecule has 0 fully saturated rings. The minimum absolute atomic E-state index is 0.223. The van der Waals surface area contributed by atoms with Crippen LogP contribution in [0.15, 0.2) is 16.5 Å². The van der Waals surface area contributed by atoms with Crippen LogP contribution in [0.1, 0.15) is 32.3 Å². The van der Waals surface area contributed by atoms with Crippen molar-refractivity contribution >= 4 is 15.1 Å². The molecule has 1 heterocycles. The molecule has 0 N–H and O–H groups in total. The van der Waals surface area contributed by atoms with Crippen molar-refractivity contribution in [3.8, 4) is 0 Å². The van der Waals surface area contributed by atoms with Crippen molar-refractivity contribution in [2.24, 2.45) is 0 Å². The van der Waals surface area contributed by atoms with E-state index in [1.165, 1.54) is 0 Å². The van der Waals surface area contributed by atoms with Crippen LogP contribution in [0.2, 0.25) is 5.21 Å². The van der Waals surface area contributed by atoms with Crippen LogP contribution in [0, 0.1) is 0 Å². The fraction of sp³-hybridized carbons (Fsp3) is 0.600. The van der Waals surface area contributed by atoms with Crippen LogP contribution >= 0.6 is 0 Å². The van der Waals surface area contributed by atoms with E-state index < -0.39 is 0 Å². The van der Waals surface area contributed by atoms with Crippen LogP contribution in [-0.4, -0.2) is 15.1 Å². The van der Waals surface area contributed by atoms with Crippen LogP contribution in [0.25, 0.3) is 0 Å². The highest BCUT2D eigenvalue weighted by Crippen LogP contribution is 2.18. The smallest absolute Gasteiger partial charge is 0.116 e. The Morgan fingerprint density at radius 1 is 1.38 bits per heavy atom. The summed E-state index contributed by atoms with van der Waals surface area (Å²) < 4.78 is 5.54. The molecule has 1 nitrogen and oxygen atoms in total. The van der Waals surface area contributed by atoms with Gasteiger partial charge in [0.2, 0.25) is 0 Å². The van der Waals surface area contributed by atoms with Gasteiger partial charge >= 0.3 is 0 Å². The summed E-state index contributed by atoms with van der Waals surface area (Å²) in [5, 5.41) is -0.223. The maximum Gasteiger partial charge on any atom is 0.116 e. The molecule has 0 spiro atoms. The molecule has 0 aliphatic rings. The molecule has 0 aromatic carbocycles. The van der Waals surface area contributed by atoms with Crippen LogP contribution in [0.4, 0.5) is 0 Å². The first-order valence-corrected chi connectivity index (χ1v) is 4.72. The van der Waals surface area contributed by atoms with Crippen LogP contribution in [0.5, 0.6) is 0 Å². The molecule has 0 aliphatic heterocycles. The molecule has 67 valence electrons. The first-order chi connectivity index (χ1) is 6.01. The number of aryl methyl sites for hydroxylation is 1. The lowest BCUT2D eigenvalue weighted by Gasteiger charge is -2.15. The van der Waals surface area contributed by atoms with E-state index in [0.717, 1.165) is 24.3 Å². The summed E-state index contributed by atoms with van der Waals surface area (Å²) in [5.41, 5.74) is 0. The molecule has 0 amide bonds. The lowest BCUT2D eigenvalue weighted by molar-refractivity contribution is 0.483. The largest absolute Gasteiger partial charge is 0.467 e. The van der Waals surface area contributed by atoms with Gasteiger partial charge in [-0.3, -0.25) is 0 Å². The molecule has 1 aromatic heterocycles. The Morgan fingerprint density at radius 3 is 2.46 bits per heavy atom. The molecule has 0 atom stereocenters. The van der Waals surface area contributed by atoms with Crippen molar-refractivity contribution in [1.82, 2.24) is 0 Å². The highest BCUT2D eigenvalue weighted by molar-refractivity contribution is 6.52. The molecule has 3 radical (unpaired) electrons. The van der Waals surface area contributed by atoms with Gasteiger partial charge in [-0.05, 0) is 18.5 Å². The molecule has 0 aliphatic carbocycles. The van der Waals surface area contributed by atoms with E-state index in [-0.39, 0.29) is 5.21 Å². The first-order valence-electron chi connectivity index (χ1n) is 4.72. The van der Waals surface area contributed by atoms with Crippen LogP contribution in [-0.2, 0) is 12.7 Å². The van der Waals surface area contributed by atoms with Crippen molar-refractivity contribution in [1.29, 1.82) is 0 Å². The topological polar surface area (TPSA) is 13.1 Å². The minimum Gasteiger partial charge on any atom is -0.467 e. The van der Waals surface area contributed by atoms with E-state index in [4.69, 9.17) is 12.3 Å². The molecule has 1 rings (SSSR count). The van der Waals surface area contributed by atoms with Crippen LogP contribution < -0.4 is 0 Å². The molecule has 0 bridgehead atoms. The number of hydrogen-bond acceptors (Lipinski definition) is 1. The van der Waals surface area contributed by atoms with Gasteiger partial charge in [-0.2, -0.15) is 0 Å². The van der Waals surface area contributed by atoms with Gasteiger partial charge < -0.3 is 4.42 Å². The summed E-state index contributed by atoms with van der Waals surface area (Å²) in [6.45, 7) is 6.05. The summed E-state index contributed by atoms with van der Waals surface area (Å²) in [6.07, 6.45) is 1.76. The van der Waals surface area contributed by atoms with E-state index in [0.29, 0.717) is 0 Å². The van der Waals surface area contributed by atoms with Gasteiger partial charge in [0.15, 0.2) is 0 Å². The normalized spacial score (nSPS) is 11.6. The summed E-state index contributed by atoms with van der Waals surface area (Å²) in [6, 6.07) is 4.04. The van der Waals surface area contributed by atoms with Gasteiger partial charge in [0, 0.05) is 6.42 Å². The van der Waals surface area contributed by atoms with Gasteiger partial charge in [-0.25, -0.2) is 0 Å².